The Morgan fingerprint density at radius 2 is 1.65 bits per heavy atom. The van der Waals surface area contributed by atoms with Gasteiger partial charge in [0.05, 0.1) is 15.6 Å². The number of esters is 1. The minimum absolute atomic E-state index is 0.169. The van der Waals surface area contributed by atoms with Gasteiger partial charge in [-0.2, -0.15) is 0 Å². The highest BCUT2D eigenvalue weighted by Gasteiger charge is 2.34. The van der Waals surface area contributed by atoms with Crippen LogP contribution in [-0.4, -0.2) is 17.4 Å². The van der Waals surface area contributed by atoms with Gasteiger partial charge >= 0.3 is 5.97 Å². The number of carbonyl (C=O) groups is 2. The number of rotatable bonds is 3. The number of hydrogen-bond acceptors (Lipinski definition) is 3. The van der Waals surface area contributed by atoms with Crippen LogP contribution in [0.5, 0.6) is 0 Å². The maximum atomic E-state index is 12.2. The topological polar surface area (TPSA) is 43.4 Å². The quantitative estimate of drug-likeness (QED) is 0.626. The molecule has 92 valence electrons. The smallest absolute Gasteiger partial charge is 0.303 e. The van der Waals surface area contributed by atoms with E-state index in [1.54, 1.807) is 18.2 Å². The van der Waals surface area contributed by atoms with E-state index in [0.717, 1.165) is 0 Å². The van der Waals surface area contributed by atoms with Gasteiger partial charge in [-0.1, -0.05) is 29.3 Å². The van der Waals surface area contributed by atoms with Gasteiger partial charge in [0.1, 0.15) is 0 Å². The monoisotopic (exact) mass is 274 g/mol. The molecule has 0 N–H and O–H groups in total. The van der Waals surface area contributed by atoms with Gasteiger partial charge in [-0.05, 0) is 26.0 Å². The minimum atomic E-state index is -1.29. The molecule has 3 nitrogen and oxygen atoms in total. The molecule has 0 saturated heterocycles. The molecule has 0 unspecified atom stereocenters. The lowest BCUT2D eigenvalue weighted by Gasteiger charge is -2.23. The van der Waals surface area contributed by atoms with Crippen molar-refractivity contribution in [2.75, 3.05) is 0 Å². The third kappa shape index (κ3) is 3.20. The maximum absolute atomic E-state index is 12.2. The van der Waals surface area contributed by atoms with E-state index in [0.29, 0.717) is 0 Å². The molecule has 5 heteroatoms. The average Bonchev–Trinajstić information content (AvgIpc) is 2.14. The molecular weight excluding hydrogens is 263 g/mol. The fourth-order valence-corrected chi connectivity index (χ4v) is 1.99. The van der Waals surface area contributed by atoms with E-state index in [4.69, 9.17) is 27.9 Å². The first-order valence-electron chi connectivity index (χ1n) is 4.94. The van der Waals surface area contributed by atoms with E-state index in [-0.39, 0.29) is 15.6 Å². The van der Waals surface area contributed by atoms with Crippen molar-refractivity contribution < 1.29 is 14.3 Å². The number of ketones is 1. The summed E-state index contributed by atoms with van der Waals surface area (Å²) in [5, 5.41) is 0.477. The van der Waals surface area contributed by atoms with E-state index in [2.05, 4.69) is 0 Å². The van der Waals surface area contributed by atoms with Crippen molar-refractivity contribution in [2.45, 2.75) is 26.4 Å². The van der Waals surface area contributed by atoms with Gasteiger partial charge in [0.25, 0.3) is 0 Å². The third-order valence-electron chi connectivity index (χ3n) is 2.14. The van der Waals surface area contributed by atoms with Crippen LogP contribution in [-0.2, 0) is 9.53 Å². The molecule has 0 bridgehead atoms. The predicted octanol–water partition coefficient (Wildman–Crippen LogP) is 3.52. The zero-order valence-corrected chi connectivity index (χ0v) is 11.2. The second-order valence-corrected chi connectivity index (χ2v) is 4.84. The molecule has 1 rings (SSSR count). The molecule has 1 aromatic carbocycles. The van der Waals surface area contributed by atoms with Gasteiger partial charge < -0.3 is 4.74 Å². The van der Waals surface area contributed by atoms with Crippen LogP contribution in [0.4, 0.5) is 0 Å². The van der Waals surface area contributed by atoms with Gasteiger partial charge in [0, 0.05) is 6.92 Å². The molecule has 1 aromatic rings. The normalized spacial score (nSPS) is 11.1. The summed E-state index contributed by atoms with van der Waals surface area (Å²) in [6.45, 7) is 4.23. The molecule has 0 aliphatic heterocycles. The van der Waals surface area contributed by atoms with Crippen LogP contribution >= 0.6 is 23.2 Å². The van der Waals surface area contributed by atoms with E-state index >= 15 is 0 Å². The van der Waals surface area contributed by atoms with Gasteiger partial charge in [0.15, 0.2) is 5.60 Å². The minimum Gasteiger partial charge on any atom is -0.451 e. The van der Waals surface area contributed by atoms with E-state index in [1.807, 2.05) is 0 Å². The van der Waals surface area contributed by atoms with Crippen LogP contribution < -0.4 is 0 Å². The summed E-state index contributed by atoms with van der Waals surface area (Å²) in [5.41, 5.74) is -1.12. The van der Waals surface area contributed by atoms with Crippen molar-refractivity contribution in [2.24, 2.45) is 0 Å². The molecule has 0 aliphatic carbocycles. The second kappa shape index (κ2) is 5.07. The van der Waals surface area contributed by atoms with Crippen molar-refractivity contribution in [1.82, 2.24) is 0 Å². The van der Waals surface area contributed by atoms with Gasteiger partial charge in [-0.25, -0.2) is 0 Å². The van der Waals surface area contributed by atoms with Crippen molar-refractivity contribution in [3.63, 3.8) is 0 Å². The number of benzene rings is 1. The van der Waals surface area contributed by atoms with E-state index in [1.165, 1.54) is 20.8 Å². The average molecular weight is 275 g/mol. The summed E-state index contributed by atoms with van der Waals surface area (Å²) in [4.78, 5) is 23.1. The fraction of sp³-hybridized carbons (Fsp3) is 0.333. The van der Waals surface area contributed by atoms with Crippen LogP contribution in [0.15, 0.2) is 18.2 Å². The van der Waals surface area contributed by atoms with Crippen molar-refractivity contribution >= 4 is 35.0 Å². The van der Waals surface area contributed by atoms with E-state index < -0.39 is 17.4 Å². The number of carbonyl (C=O) groups excluding carboxylic acids is 2. The largest absolute Gasteiger partial charge is 0.451 e. The maximum Gasteiger partial charge on any atom is 0.303 e. The Bertz CT molecular complexity index is 447. The van der Waals surface area contributed by atoms with Gasteiger partial charge in [0.2, 0.25) is 5.78 Å². The van der Waals surface area contributed by atoms with Crippen LogP contribution in [0.25, 0.3) is 0 Å². The van der Waals surface area contributed by atoms with Crippen molar-refractivity contribution in [3.05, 3.63) is 33.8 Å². The molecule has 0 saturated carbocycles. The van der Waals surface area contributed by atoms with Crippen LogP contribution in [0.3, 0.4) is 0 Å². The lowest BCUT2D eigenvalue weighted by molar-refractivity contribution is -0.149. The van der Waals surface area contributed by atoms with Crippen LogP contribution in [0.1, 0.15) is 31.1 Å². The molecule has 0 fully saturated rings. The Balaban J connectivity index is 3.16. The standard InChI is InChI=1S/C12H12Cl2O3/c1-7(15)17-12(2,3)11(16)10-8(13)5-4-6-9(10)14/h4-6H,1-3H3. The molecule has 0 heterocycles. The highest BCUT2D eigenvalue weighted by molar-refractivity contribution is 6.40. The Morgan fingerprint density at radius 3 is 2.06 bits per heavy atom. The summed E-state index contributed by atoms with van der Waals surface area (Å²) in [6, 6.07) is 4.76. The first-order valence-corrected chi connectivity index (χ1v) is 5.69. The molecule has 0 amide bonds. The zero-order valence-electron chi connectivity index (χ0n) is 9.71. The molecule has 0 spiro atoms. The SMILES string of the molecule is CC(=O)OC(C)(C)C(=O)c1c(Cl)cccc1Cl. The molecule has 17 heavy (non-hydrogen) atoms. The number of Topliss-reactive ketones (excluding diaryl/α,β-unsaturated/α-hetero) is 1. The summed E-state index contributed by atoms with van der Waals surface area (Å²) in [5.74, 6) is -0.963. The van der Waals surface area contributed by atoms with E-state index in [9.17, 15) is 9.59 Å². The summed E-state index contributed by atoms with van der Waals surface area (Å²) < 4.78 is 4.96. The molecule has 0 atom stereocenters. The molecule has 0 aliphatic rings. The lowest BCUT2D eigenvalue weighted by atomic mass is 9.96. The van der Waals surface area contributed by atoms with Crippen molar-refractivity contribution in [3.8, 4) is 0 Å². The highest BCUT2D eigenvalue weighted by atomic mass is 35.5. The number of ether oxygens (including phenoxy) is 1. The van der Waals surface area contributed by atoms with Crippen LogP contribution in [0, 0.1) is 0 Å². The zero-order chi connectivity index (χ0) is 13.2. The molecule has 0 aromatic heterocycles. The number of hydrogen-bond donors (Lipinski definition) is 0. The van der Waals surface area contributed by atoms with Crippen LogP contribution in [0.2, 0.25) is 10.0 Å². The molecular formula is C12H12Cl2O3. The highest BCUT2D eigenvalue weighted by Crippen LogP contribution is 2.29. The number of halogens is 2. The first kappa shape index (κ1) is 14.0. The Labute approximate surface area is 110 Å². The Hall–Kier alpha value is -1.06. The van der Waals surface area contributed by atoms with Gasteiger partial charge in [-0.3, -0.25) is 9.59 Å². The third-order valence-corrected chi connectivity index (χ3v) is 2.77. The molecule has 0 radical (unpaired) electrons. The lowest BCUT2D eigenvalue weighted by Crippen LogP contribution is -2.37. The van der Waals surface area contributed by atoms with Crippen molar-refractivity contribution in [1.29, 1.82) is 0 Å². The fourth-order valence-electron chi connectivity index (χ4n) is 1.42. The first-order chi connectivity index (χ1) is 7.75. The van der Waals surface area contributed by atoms with Gasteiger partial charge in [-0.15, -0.1) is 0 Å². The Kier molecular flexibility index (Phi) is 4.17. The summed E-state index contributed by atoms with van der Waals surface area (Å²) in [6.07, 6.45) is 0. The predicted molar refractivity (Wildman–Crippen MR) is 66.6 cm³/mol. The second-order valence-electron chi connectivity index (χ2n) is 4.03. The summed E-state index contributed by atoms with van der Waals surface area (Å²) in [7, 11) is 0. The summed E-state index contributed by atoms with van der Waals surface area (Å²) >= 11 is 11.8. The Morgan fingerprint density at radius 1 is 1.18 bits per heavy atom.